The Kier molecular flexibility index (Phi) is 4.77. The second-order valence-corrected chi connectivity index (χ2v) is 5.82. The number of hydrogen-bond donors (Lipinski definition) is 1. The summed E-state index contributed by atoms with van der Waals surface area (Å²) in [5.74, 6) is 0. The van der Waals surface area contributed by atoms with E-state index >= 15 is 0 Å². The van der Waals surface area contributed by atoms with Crippen molar-refractivity contribution in [1.82, 2.24) is 9.78 Å². The van der Waals surface area contributed by atoms with Gasteiger partial charge in [0.1, 0.15) is 0 Å². The van der Waals surface area contributed by atoms with Crippen LogP contribution in [0.1, 0.15) is 23.9 Å². The monoisotopic (exact) mass is 321 g/mol. The van der Waals surface area contributed by atoms with Crippen LogP contribution >= 0.6 is 15.9 Å². The van der Waals surface area contributed by atoms with E-state index in [1.807, 2.05) is 23.9 Å². The second-order valence-electron chi connectivity index (χ2n) is 4.90. The number of nitrogens with zero attached hydrogens (tertiary/aromatic N) is 2. The summed E-state index contributed by atoms with van der Waals surface area (Å²) in [4.78, 5) is 0. The number of nitrogens with two attached hydrogens (primary N) is 1. The van der Waals surface area contributed by atoms with Gasteiger partial charge in [-0.3, -0.25) is 4.68 Å². The van der Waals surface area contributed by atoms with E-state index in [9.17, 15) is 0 Å². The highest BCUT2D eigenvalue weighted by atomic mass is 79.9. The molecule has 2 aromatic rings. The molecule has 1 aromatic carbocycles. The SMILES string of the molecule is CCc1cc(CC(N)Cc2cccc(Br)c2)n(C)n1. The summed E-state index contributed by atoms with van der Waals surface area (Å²) < 4.78 is 3.05. The van der Waals surface area contributed by atoms with Gasteiger partial charge in [-0.2, -0.15) is 5.10 Å². The Morgan fingerprint density at radius 1 is 1.32 bits per heavy atom. The lowest BCUT2D eigenvalue weighted by molar-refractivity contribution is 0.611. The van der Waals surface area contributed by atoms with Gasteiger partial charge < -0.3 is 5.73 Å². The number of aryl methyl sites for hydroxylation is 2. The van der Waals surface area contributed by atoms with Crippen molar-refractivity contribution in [2.75, 3.05) is 0 Å². The predicted octanol–water partition coefficient (Wildman–Crippen LogP) is 2.86. The van der Waals surface area contributed by atoms with E-state index in [1.165, 1.54) is 11.3 Å². The van der Waals surface area contributed by atoms with Gasteiger partial charge in [-0.05, 0) is 36.6 Å². The molecule has 1 aromatic heterocycles. The minimum atomic E-state index is 0.120. The highest BCUT2D eigenvalue weighted by molar-refractivity contribution is 9.10. The summed E-state index contributed by atoms with van der Waals surface area (Å²) in [7, 11) is 1.99. The van der Waals surface area contributed by atoms with E-state index in [4.69, 9.17) is 5.73 Å². The van der Waals surface area contributed by atoms with Gasteiger partial charge in [0, 0.05) is 29.7 Å². The van der Waals surface area contributed by atoms with Crippen molar-refractivity contribution in [3.63, 3.8) is 0 Å². The molecule has 0 bridgehead atoms. The maximum Gasteiger partial charge on any atom is 0.0624 e. The number of rotatable bonds is 5. The normalized spacial score (nSPS) is 12.6. The second kappa shape index (κ2) is 6.35. The third-order valence-corrected chi connectivity index (χ3v) is 3.74. The van der Waals surface area contributed by atoms with Crippen molar-refractivity contribution in [1.29, 1.82) is 0 Å². The van der Waals surface area contributed by atoms with Crippen LogP contribution in [0.3, 0.4) is 0 Å². The first kappa shape index (κ1) is 14.3. The molecule has 0 spiro atoms. The molecule has 4 heteroatoms. The van der Waals surface area contributed by atoms with Crippen LogP contribution in [0.25, 0.3) is 0 Å². The molecule has 0 saturated carbocycles. The van der Waals surface area contributed by atoms with E-state index in [-0.39, 0.29) is 6.04 Å². The molecule has 1 atom stereocenters. The molecule has 2 rings (SSSR count). The molecule has 1 heterocycles. The Bertz CT molecular complexity index is 548. The van der Waals surface area contributed by atoms with Gasteiger partial charge in [-0.15, -0.1) is 0 Å². The van der Waals surface area contributed by atoms with Crippen molar-refractivity contribution >= 4 is 15.9 Å². The van der Waals surface area contributed by atoms with Crippen LogP contribution in [0, 0.1) is 0 Å². The van der Waals surface area contributed by atoms with Crippen LogP contribution in [-0.2, 0) is 26.3 Å². The van der Waals surface area contributed by atoms with Crippen molar-refractivity contribution < 1.29 is 0 Å². The summed E-state index contributed by atoms with van der Waals surface area (Å²) in [5.41, 5.74) is 9.85. The highest BCUT2D eigenvalue weighted by Crippen LogP contribution is 2.14. The summed E-state index contributed by atoms with van der Waals surface area (Å²) in [6.45, 7) is 2.12. The smallest absolute Gasteiger partial charge is 0.0624 e. The van der Waals surface area contributed by atoms with Crippen LogP contribution in [0.2, 0.25) is 0 Å². The average Bonchev–Trinajstić information content (AvgIpc) is 2.70. The van der Waals surface area contributed by atoms with Crippen molar-refractivity contribution in [2.24, 2.45) is 12.8 Å². The summed E-state index contributed by atoms with van der Waals surface area (Å²) in [5, 5.41) is 4.46. The molecule has 2 N–H and O–H groups in total. The zero-order chi connectivity index (χ0) is 13.8. The Labute approximate surface area is 122 Å². The fraction of sp³-hybridized carbons (Fsp3) is 0.400. The number of aromatic nitrogens is 2. The molecule has 19 heavy (non-hydrogen) atoms. The van der Waals surface area contributed by atoms with E-state index in [0.29, 0.717) is 0 Å². The Hall–Kier alpha value is -1.13. The molecule has 0 amide bonds. The minimum Gasteiger partial charge on any atom is -0.327 e. The highest BCUT2D eigenvalue weighted by Gasteiger charge is 2.10. The molecular formula is C15H20BrN3. The van der Waals surface area contributed by atoms with Crippen LogP contribution in [0.5, 0.6) is 0 Å². The maximum absolute atomic E-state index is 6.25. The first-order chi connectivity index (χ1) is 9.08. The number of hydrogen-bond acceptors (Lipinski definition) is 2. The third-order valence-electron chi connectivity index (χ3n) is 3.25. The molecule has 3 nitrogen and oxygen atoms in total. The summed E-state index contributed by atoms with van der Waals surface area (Å²) in [6.07, 6.45) is 2.71. The fourth-order valence-corrected chi connectivity index (χ4v) is 2.69. The van der Waals surface area contributed by atoms with Crippen LogP contribution in [-0.4, -0.2) is 15.8 Å². The first-order valence-electron chi connectivity index (χ1n) is 6.60. The maximum atomic E-state index is 6.25. The number of halogens is 1. The van der Waals surface area contributed by atoms with Crippen LogP contribution in [0.4, 0.5) is 0 Å². The topological polar surface area (TPSA) is 43.8 Å². The summed E-state index contributed by atoms with van der Waals surface area (Å²) >= 11 is 3.49. The lowest BCUT2D eigenvalue weighted by Gasteiger charge is -2.12. The third kappa shape index (κ3) is 3.91. The Morgan fingerprint density at radius 3 is 2.74 bits per heavy atom. The van der Waals surface area contributed by atoms with Crippen LogP contribution in [0.15, 0.2) is 34.8 Å². The van der Waals surface area contributed by atoms with E-state index in [2.05, 4.69) is 46.2 Å². The van der Waals surface area contributed by atoms with E-state index in [0.717, 1.165) is 29.4 Å². The molecule has 1 unspecified atom stereocenters. The van der Waals surface area contributed by atoms with Crippen LogP contribution < -0.4 is 5.73 Å². The zero-order valence-corrected chi connectivity index (χ0v) is 13.0. The quantitative estimate of drug-likeness (QED) is 0.920. The van der Waals surface area contributed by atoms with Gasteiger partial charge >= 0.3 is 0 Å². The summed E-state index contributed by atoms with van der Waals surface area (Å²) in [6, 6.07) is 10.6. The molecule has 0 saturated heterocycles. The molecule has 0 radical (unpaired) electrons. The van der Waals surface area contributed by atoms with Crippen molar-refractivity contribution in [3.05, 3.63) is 51.8 Å². The Balaban J connectivity index is 2.00. The predicted molar refractivity (Wildman–Crippen MR) is 82.1 cm³/mol. The molecule has 0 fully saturated rings. The van der Waals surface area contributed by atoms with Gasteiger partial charge in [0.15, 0.2) is 0 Å². The van der Waals surface area contributed by atoms with E-state index < -0.39 is 0 Å². The van der Waals surface area contributed by atoms with Gasteiger partial charge in [0.2, 0.25) is 0 Å². The van der Waals surface area contributed by atoms with Gasteiger partial charge in [0.05, 0.1) is 5.69 Å². The lowest BCUT2D eigenvalue weighted by Crippen LogP contribution is -2.26. The molecule has 0 aliphatic rings. The minimum absolute atomic E-state index is 0.120. The standard InChI is InChI=1S/C15H20BrN3/c1-3-14-10-15(19(2)18-14)9-13(17)8-11-5-4-6-12(16)7-11/h4-7,10,13H,3,8-9,17H2,1-2H3. The zero-order valence-electron chi connectivity index (χ0n) is 11.4. The molecule has 0 aliphatic heterocycles. The Morgan fingerprint density at radius 2 is 2.11 bits per heavy atom. The molecule has 0 aliphatic carbocycles. The largest absolute Gasteiger partial charge is 0.327 e. The van der Waals surface area contributed by atoms with Gasteiger partial charge in [-0.25, -0.2) is 0 Å². The first-order valence-corrected chi connectivity index (χ1v) is 7.39. The fourth-order valence-electron chi connectivity index (χ4n) is 2.24. The average molecular weight is 322 g/mol. The van der Waals surface area contributed by atoms with Gasteiger partial charge in [-0.1, -0.05) is 35.0 Å². The molecule has 102 valence electrons. The van der Waals surface area contributed by atoms with Crippen molar-refractivity contribution in [3.8, 4) is 0 Å². The van der Waals surface area contributed by atoms with Gasteiger partial charge in [0.25, 0.3) is 0 Å². The van der Waals surface area contributed by atoms with Crippen molar-refractivity contribution in [2.45, 2.75) is 32.2 Å². The molecular weight excluding hydrogens is 302 g/mol. The lowest BCUT2D eigenvalue weighted by atomic mass is 10.0. The van der Waals surface area contributed by atoms with E-state index in [1.54, 1.807) is 0 Å². The number of benzene rings is 1.